The molecule has 1 N–H and O–H groups in total. The van der Waals surface area contributed by atoms with E-state index in [0.29, 0.717) is 11.3 Å². The predicted molar refractivity (Wildman–Crippen MR) is 64.5 cm³/mol. The van der Waals surface area contributed by atoms with Gasteiger partial charge in [0.25, 0.3) is 0 Å². The zero-order valence-corrected chi connectivity index (χ0v) is 10.0. The van der Waals surface area contributed by atoms with Crippen molar-refractivity contribution in [3.63, 3.8) is 0 Å². The zero-order chi connectivity index (χ0) is 11.2. The fourth-order valence-electron chi connectivity index (χ4n) is 1.91. The molecule has 1 aromatic heterocycles. The van der Waals surface area contributed by atoms with Crippen molar-refractivity contribution in [1.82, 2.24) is 10.3 Å². The van der Waals surface area contributed by atoms with Crippen LogP contribution in [0, 0.1) is 0 Å². The van der Waals surface area contributed by atoms with Crippen LogP contribution in [0.25, 0.3) is 0 Å². The van der Waals surface area contributed by atoms with Crippen molar-refractivity contribution in [2.75, 3.05) is 13.2 Å². The SMILES string of the molecule is Clc1ncccc1CNCCC1CCCO1. The van der Waals surface area contributed by atoms with Gasteiger partial charge in [-0.1, -0.05) is 17.7 Å². The molecular formula is C12H17ClN2O. The first-order valence-corrected chi connectivity index (χ1v) is 6.16. The molecule has 2 heterocycles. The molecule has 1 unspecified atom stereocenters. The Morgan fingerprint density at radius 1 is 1.56 bits per heavy atom. The summed E-state index contributed by atoms with van der Waals surface area (Å²) in [6.45, 7) is 2.67. The Morgan fingerprint density at radius 2 is 2.50 bits per heavy atom. The fourth-order valence-corrected chi connectivity index (χ4v) is 2.10. The monoisotopic (exact) mass is 240 g/mol. The van der Waals surface area contributed by atoms with Gasteiger partial charge in [-0.25, -0.2) is 4.98 Å². The van der Waals surface area contributed by atoms with Crippen molar-refractivity contribution in [2.45, 2.75) is 31.9 Å². The summed E-state index contributed by atoms with van der Waals surface area (Å²) >= 11 is 5.95. The summed E-state index contributed by atoms with van der Waals surface area (Å²) in [5, 5.41) is 3.95. The maximum atomic E-state index is 5.95. The minimum Gasteiger partial charge on any atom is -0.378 e. The average molecular weight is 241 g/mol. The van der Waals surface area contributed by atoms with Crippen molar-refractivity contribution in [1.29, 1.82) is 0 Å². The molecule has 1 aliphatic rings. The van der Waals surface area contributed by atoms with Crippen LogP contribution in [0.15, 0.2) is 18.3 Å². The molecule has 1 atom stereocenters. The van der Waals surface area contributed by atoms with E-state index in [1.165, 1.54) is 12.8 Å². The van der Waals surface area contributed by atoms with E-state index < -0.39 is 0 Å². The van der Waals surface area contributed by atoms with E-state index in [1.807, 2.05) is 12.1 Å². The molecular weight excluding hydrogens is 224 g/mol. The summed E-state index contributed by atoms with van der Waals surface area (Å²) in [5.74, 6) is 0. The fraction of sp³-hybridized carbons (Fsp3) is 0.583. The number of hydrogen-bond donors (Lipinski definition) is 1. The van der Waals surface area contributed by atoms with Crippen LogP contribution in [0.4, 0.5) is 0 Å². The lowest BCUT2D eigenvalue weighted by Gasteiger charge is -2.10. The number of rotatable bonds is 5. The minimum atomic E-state index is 0.455. The van der Waals surface area contributed by atoms with Gasteiger partial charge in [0, 0.05) is 24.9 Å². The van der Waals surface area contributed by atoms with E-state index in [1.54, 1.807) is 6.20 Å². The van der Waals surface area contributed by atoms with E-state index in [-0.39, 0.29) is 0 Å². The van der Waals surface area contributed by atoms with E-state index in [2.05, 4.69) is 10.3 Å². The number of nitrogens with zero attached hydrogens (tertiary/aromatic N) is 1. The van der Waals surface area contributed by atoms with Crippen LogP contribution in [-0.4, -0.2) is 24.2 Å². The first-order valence-electron chi connectivity index (χ1n) is 5.78. The third-order valence-corrected chi connectivity index (χ3v) is 3.16. The molecule has 0 amide bonds. The van der Waals surface area contributed by atoms with Crippen molar-refractivity contribution < 1.29 is 4.74 Å². The number of aromatic nitrogens is 1. The number of pyridine rings is 1. The molecule has 1 fully saturated rings. The second kappa shape index (κ2) is 6.18. The van der Waals surface area contributed by atoms with Gasteiger partial charge < -0.3 is 10.1 Å². The summed E-state index contributed by atoms with van der Waals surface area (Å²) in [7, 11) is 0. The van der Waals surface area contributed by atoms with Crippen LogP contribution in [-0.2, 0) is 11.3 Å². The number of hydrogen-bond acceptors (Lipinski definition) is 3. The highest BCUT2D eigenvalue weighted by Crippen LogP contribution is 2.15. The highest BCUT2D eigenvalue weighted by atomic mass is 35.5. The Balaban J connectivity index is 1.66. The average Bonchev–Trinajstić information content (AvgIpc) is 2.79. The zero-order valence-electron chi connectivity index (χ0n) is 9.29. The lowest BCUT2D eigenvalue weighted by molar-refractivity contribution is 0.104. The van der Waals surface area contributed by atoms with Crippen molar-refractivity contribution >= 4 is 11.6 Å². The molecule has 3 nitrogen and oxygen atoms in total. The topological polar surface area (TPSA) is 34.2 Å². The predicted octanol–water partition coefficient (Wildman–Crippen LogP) is 2.39. The van der Waals surface area contributed by atoms with Gasteiger partial charge in [-0.3, -0.25) is 0 Å². The summed E-state index contributed by atoms with van der Waals surface area (Å²) in [6.07, 6.45) is 5.65. The summed E-state index contributed by atoms with van der Waals surface area (Å²) < 4.78 is 5.55. The Bertz CT molecular complexity index is 327. The summed E-state index contributed by atoms with van der Waals surface area (Å²) in [4.78, 5) is 4.04. The highest BCUT2D eigenvalue weighted by molar-refractivity contribution is 6.30. The van der Waals surface area contributed by atoms with Gasteiger partial charge in [-0.2, -0.15) is 0 Å². The first-order chi connectivity index (χ1) is 7.86. The van der Waals surface area contributed by atoms with Crippen LogP contribution < -0.4 is 5.32 Å². The third-order valence-electron chi connectivity index (χ3n) is 2.82. The van der Waals surface area contributed by atoms with Gasteiger partial charge in [-0.05, 0) is 31.9 Å². The molecule has 0 aromatic carbocycles. The van der Waals surface area contributed by atoms with E-state index in [9.17, 15) is 0 Å². The van der Waals surface area contributed by atoms with Gasteiger partial charge >= 0.3 is 0 Å². The van der Waals surface area contributed by atoms with Crippen LogP contribution in [0.1, 0.15) is 24.8 Å². The second-order valence-electron chi connectivity index (χ2n) is 4.05. The van der Waals surface area contributed by atoms with Crippen molar-refractivity contribution in [2.24, 2.45) is 0 Å². The third kappa shape index (κ3) is 3.44. The molecule has 88 valence electrons. The van der Waals surface area contributed by atoms with Gasteiger partial charge in [0.2, 0.25) is 0 Å². The number of halogens is 1. The maximum absolute atomic E-state index is 5.95. The number of nitrogens with one attached hydrogen (secondary N) is 1. The van der Waals surface area contributed by atoms with Crippen LogP contribution >= 0.6 is 11.6 Å². The Hall–Kier alpha value is -0.640. The molecule has 0 aliphatic carbocycles. The van der Waals surface area contributed by atoms with E-state index >= 15 is 0 Å². The molecule has 16 heavy (non-hydrogen) atoms. The summed E-state index contributed by atoms with van der Waals surface area (Å²) in [5.41, 5.74) is 1.05. The molecule has 4 heteroatoms. The van der Waals surface area contributed by atoms with Crippen molar-refractivity contribution in [3.8, 4) is 0 Å². The Kier molecular flexibility index (Phi) is 4.57. The van der Waals surface area contributed by atoms with E-state index in [0.717, 1.165) is 31.7 Å². The molecule has 1 saturated heterocycles. The lowest BCUT2D eigenvalue weighted by Crippen LogP contribution is -2.20. The minimum absolute atomic E-state index is 0.455. The van der Waals surface area contributed by atoms with Crippen LogP contribution in [0.3, 0.4) is 0 Å². The van der Waals surface area contributed by atoms with Gasteiger partial charge in [0.1, 0.15) is 5.15 Å². The summed E-state index contributed by atoms with van der Waals surface area (Å²) in [6, 6.07) is 3.90. The van der Waals surface area contributed by atoms with E-state index in [4.69, 9.17) is 16.3 Å². The molecule has 0 radical (unpaired) electrons. The Morgan fingerprint density at radius 3 is 3.25 bits per heavy atom. The second-order valence-corrected chi connectivity index (χ2v) is 4.41. The molecule has 0 bridgehead atoms. The molecule has 1 aromatic rings. The van der Waals surface area contributed by atoms with Crippen LogP contribution in [0.2, 0.25) is 5.15 Å². The van der Waals surface area contributed by atoms with Crippen LogP contribution in [0.5, 0.6) is 0 Å². The van der Waals surface area contributed by atoms with Crippen molar-refractivity contribution in [3.05, 3.63) is 29.0 Å². The highest BCUT2D eigenvalue weighted by Gasteiger charge is 2.14. The normalized spacial score (nSPS) is 20.2. The van der Waals surface area contributed by atoms with Gasteiger partial charge in [0.05, 0.1) is 6.10 Å². The molecule has 0 spiro atoms. The largest absolute Gasteiger partial charge is 0.378 e. The quantitative estimate of drug-likeness (QED) is 0.634. The molecule has 1 aliphatic heterocycles. The molecule has 0 saturated carbocycles. The van der Waals surface area contributed by atoms with Gasteiger partial charge in [0.15, 0.2) is 0 Å². The lowest BCUT2D eigenvalue weighted by atomic mass is 10.2. The smallest absolute Gasteiger partial charge is 0.133 e. The molecule has 2 rings (SSSR count). The first kappa shape index (κ1) is 11.8. The number of ether oxygens (including phenoxy) is 1. The van der Waals surface area contributed by atoms with Gasteiger partial charge in [-0.15, -0.1) is 0 Å². The maximum Gasteiger partial charge on any atom is 0.133 e. The standard InChI is InChI=1S/C12H17ClN2O/c13-12-10(3-1-6-15-12)9-14-7-5-11-4-2-8-16-11/h1,3,6,11,14H,2,4-5,7-9H2. The Labute approximate surface area is 101 Å².